The van der Waals surface area contributed by atoms with Gasteiger partial charge in [0, 0.05) is 25.2 Å². The Morgan fingerprint density at radius 3 is 2.24 bits per heavy atom. The van der Waals surface area contributed by atoms with Crippen molar-refractivity contribution in [3.05, 3.63) is 65.2 Å². The molecule has 0 aromatic heterocycles. The highest BCUT2D eigenvalue weighted by molar-refractivity contribution is 5.97. The minimum atomic E-state index is -1.06. The molecule has 0 spiro atoms. The average Bonchev–Trinajstić information content (AvgIpc) is 3.20. The van der Waals surface area contributed by atoms with Crippen LogP contribution in [-0.2, 0) is 9.47 Å². The van der Waals surface area contributed by atoms with Crippen molar-refractivity contribution in [2.24, 2.45) is 0 Å². The monoisotopic (exact) mass is 515 g/mol. The number of amides is 3. The quantitative estimate of drug-likeness (QED) is 0.528. The van der Waals surface area contributed by atoms with E-state index in [9.17, 15) is 23.2 Å². The highest BCUT2D eigenvalue weighted by Gasteiger charge is 2.45. The molecular weight excluding hydrogens is 484 g/mol. The highest BCUT2D eigenvalue weighted by Crippen LogP contribution is 2.38. The molecule has 8 nitrogen and oxygen atoms in total. The summed E-state index contributed by atoms with van der Waals surface area (Å²) >= 11 is 0. The first kappa shape index (κ1) is 26.4. The van der Waals surface area contributed by atoms with Gasteiger partial charge in [-0.15, -0.1) is 0 Å². The fourth-order valence-electron chi connectivity index (χ4n) is 4.83. The molecule has 4 rings (SSSR count). The number of esters is 1. The number of carbonyl (C=O) groups is 3. The number of carbonyl (C=O) groups excluding carboxylic acids is 3. The zero-order valence-electron chi connectivity index (χ0n) is 21.4. The number of anilines is 1. The Bertz CT molecular complexity index is 1180. The molecule has 0 N–H and O–H groups in total. The first-order valence-electron chi connectivity index (χ1n) is 12.2. The van der Waals surface area contributed by atoms with Gasteiger partial charge in [-0.25, -0.2) is 23.2 Å². The van der Waals surface area contributed by atoms with E-state index in [2.05, 4.69) is 4.74 Å². The Labute approximate surface area is 214 Å². The lowest BCUT2D eigenvalue weighted by Gasteiger charge is -2.39. The number of urea groups is 1. The number of piperidine rings is 1. The van der Waals surface area contributed by atoms with Crippen molar-refractivity contribution < 1.29 is 32.6 Å². The summed E-state index contributed by atoms with van der Waals surface area (Å²) in [6, 6.07) is 9.91. The number of hydrogen-bond donors (Lipinski definition) is 0. The maximum absolute atomic E-state index is 14.9. The van der Waals surface area contributed by atoms with E-state index in [1.54, 1.807) is 30.6 Å². The summed E-state index contributed by atoms with van der Waals surface area (Å²) in [7, 11) is 1.10. The van der Waals surface area contributed by atoms with Gasteiger partial charge >= 0.3 is 18.1 Å². The summed E-state index contributed by atoms with van der Waals surface area (Å²) in [5, 5.41) is 0. The summed E-state index contributed by atoms with van der Waals surface area (Å²) in [6.45, 7) is 6.34. The Morgan fingerprint density at radius 1 is 1.00 bits per heavy atom. The molecule has 0 aliphatic carbocycles. The zero-order chi connectivity index (χ0) is 26.9. The molecule has 3 amide bonds. The second-order valence-electron chi connectivity index (χ2n) is 10.2. The Hall–Kier alpha value is -3.69. The minimum Gasteiger partial charge on any atom is -0.465 e. The van der Waals surface area contributed by atoms with E-state index >= 15 is 0 Å². The molecule has 2 aliphatic rings. The zero-order valence-corrected chi connectivity index (χ0v) is 21.4. The first-order valence-corrected chi connectivity index (χ1v) is 12.2. The van der Waals surface area contributed by atoms with Crippen molar-refractivity contribution in [2.45, 2.75) is 51.3 Å². The Balaban J connectivity index is 1.62. The first-order chi connectivity index (χ1) is 17.5. The summed E-state index contributed by atoms with van der Waals surface area (Å²) in [5.41, 5.74) is -0.392. The lowest BCUT2D eigenvalue weighted by Crippen LogP contribution is -2.49. The van der Waals surface area contributed by atoms with Gasteiger partial charge in [0.25, 0.3) is 0 Å². The van der Waals surface area contributed by atoms with Crippen LogP contribution in [0.2, 0.25) is 0 Å². The van der Waals surface area contributed by atoms with Crippen LogP contribution < -0.4 is 4.90 Å². The van der Waals surface area contributed by atoms with E-state index in [1.807, 2.05) is 30.3 Å². The largest absolute Gasteiger partial charge is 0.465 e. The number of ether oxygens (including phenoxy) is 2. The number of benzene rings is 2. The third-order valence-corrected chi connectivity index (χ3v) is 6.57. The lowest BCUT2D eigenvalue weighted by molar-refractivity contribution is 0.0158. The molecule has 0 radical (unpaired) electrons. The number of rotatable bonds is 4. The molecule has 2 saturated heterocycles. The molecule has 2 heterocycles. The van der Waals surface area contributed by atoms with E-state index in [1.165, 1.54) is 4.90 Å². The SMILES string of the molecule is COC(=O)c1cc(N2C[C@@H](c3ccccc3)N(C3CCN(C(=O)OC(C)(C)C)CC3)C2=O)c(F)cc1F. The standard InChI is InChI=1S/C27H31F2N3O5/c1-27(2,3)37-26(35)30-12-10-18(11-13-30)32-23(17-8-6-5-7-9-17)16-31(25(32)34)22-14-19(24(33)36-4)20(28)15-21(22)29/h5-9,14-15,18,23H,10-13,16H2,1-4H3/t23-/m0/s1. The van der Waals surface area contributed by atoms with Gasteiger partial charge in [0.2, 0.25) is 0 Å². The molecular formula is C27H31F2N3O5. The number of halogens is 2. The predicted molar refractivity (Wildman–Crippen MR) is 132 cm³/mol. The van der Waals surface area contributed by atoms with Gasteiger partial charge < -0.3 is 19.3 Å². The van der Waals surface area contributed by atoms with E-state index in [0.29, 0.717) is 32.0 Å². The highest BCUT2D eigenvalue weighted by atomic mass is 19.1. The molecule has 0 bridgehead atoms. The third kappa shape index (κ3) is 5.52. The number of methoxy groups -OCH3 is 1. The maximum atomic E-state index is 14.9. The van der Waals surface area contributed by atoms with E-state index < -0.39 is 46.9 Å². The minimum absolute atomic E-state index is 0.109. The lowest BCUT2D eigenvalue weighted by atomic mass is 9.99. The summed E-state index contributed by atoms with van der Waals surface area (Å²) < 4.78 is 39.3. The van der Waals surface area contributed by atoms with Crippen LogP contribution in [0.25, 0.3) is 0 Å². The predicted octanol–water partition coefficient (Wildman–Crippen LogP) is 5.13. The Kier molecular flexibility index (Phi) is 7.38. The van der Waals surface area contributed by atoms with Crippen LogP contribution in [0.15, 0.2) is 42.5 Å². The van der Waals surface area contributed by atoms with Gasteiger partial charge in [-0.2, -0.15) is 0 Å². The second kappa shape index (κ2) is 10.4. The summed E-state index contributed by atoms with van der Waals surface area (Å²) in [5.74, 6) is -2.98. The van der Waals surface area contributed by atoms with Crippen molar-refractivity contribution in [3.8, 4) is 0 Å². The normalized spacial score (nSPS) is 18.8. The summed E-state index contributed by atoms with van der Waals surface area (Å²) in [4.78, 5) is 42.9. The van der Waals surface area contributed by atoms with Gasteiger partial charge in [0.05, 0.1) is 30.9 Å². The molecule has 198 valence electrons. The van der Waals surface area contributed by atoms with Crippen LogP contribution in [0.3, 0.4) is 0 Å². The number of likely N-dealkylation sites (tertiary alicyclic amines) is 1. The molecule has 2 aliphatic heterocycles. The van der Waals surface area contributed by atoms with Crippen molar-refractivity contribution in [1.29, 1.82) is 0 Å². The Morgan fingerprint density at radius 2 is 1.65 bits per heavy atom. The van der Waals surface area contributed by atoms with Gasteiger partial charge in [0.1, 0.15) is 17.2 Å². The third-order valence-electron chi connectivity index (χ3n) is 6.57. The van der Waals surface area contributed by atoms with Crippen molar-refractivity contribution in [1.82, 2.24) is 9.80 Å². The van der Waals surface area contributed by atoms with Crippen LogP contribution in [0.5, 0.6) is 0 Å². The van der Waals surface area contributed by atoms with Crippen LogP contribution in [0.4, 0.5) is 24.1 Å². The van der Waals surface area contributed by atoms with Crippen LogP contribution in [0.1, 0.15) is 55.6 Å². The maximum Gasteiger partial charge on any atom is 0.410 e. The molecule has 10 heteroatoms. The van der Waals surface area contributed by atoms with E-state index in [0.717, 1.165) is 18.7 Å². The topological polar surface area (TPSA) is 79.4 Å². The van der Waals surface area contributed by atoms with Crippen molar-refractivity contribution in [2.75, 3.05) is 31.6 Å². The van der Waals surface area contributed by atoms with Crippen molar-refractivity contribution >= 4 is 23.8 Å². The summed E-state index contributed by atoms with van der Waals surface area (Å²) in [6.07, 6.45) is 0.631. The number of nitrogens with zero attached hydrogens (tertiary/aromatic N) is 3. The van der Waals surface area contributed by atoms with Crippen LogP contribution >= 0.6 is 0 Å². The molecule has 2 aromatic carbocycles. The smallest absolute Gasteiger partial charge is 0.410 e. The number of hydrogen-bond acceptors (Lipinski definition) is 5. The van der Waals surface area contributed by atoms with Crippen LogP contribution in [-0.4, -0.2) is 66.3 Å². The average molecular weight is 516 g/mol. The second-order valence-corrected chi connectivity index (χ2v) is 10.2. The molecule has 0 saturated carbocycles. The fraction of sp³-hybridized carbons (Fsp3) is 0.444. The molecule has 2 fully saturated rings. The van der Waals surface area contributed by atoms with Gasteiger partial charge in [-0.1, -0.05) is 30.3 Å². The molecule has 1 atom stereocenters. The molecule has 37 heavy (non-hydrogen) atoms. The van der Waals surface area contributed by atoms with Gasteiger partial charge in [-0.05, 0) is 45.2 Å². The van der Waals surface area contributed by atoms with Crippen LogP contribution in [0, 0.1) is 11.6 Å². The fourth-order valence-corrected chi connectivity index (χ4v) is 4.83. The molecule has 0 unspecified atom stereocenters. The van der Waals surface area contributed by atoms with E-state index in [-0.39, 0.29) is 18.3 Å². The van der Waals surface area contributed by atoms with Gasteiger partial charge in [0.15, 0.2) is 0 Å². The molecule has 2 aromatic rings. The van der Waals surface area contributed by atoms with Crippen molar-refractivity contribution in [3.63, 3.8) is 0 Å². The van der Waals surface area contributed by atoms with Gasteiger partial charge in [-0.3, -0.25) is 4.90 Å². The van der Waals surface area contributed by atoms with E-state index in [4.69, 9.17) is 4.74 Å².